The monoisotopic (exact) mass is 344 g/mol. The molecule has 1 aromatic rings. The number of ether oxygens (including phenoxy) is 2. The van der Waals surface area contributed by atoms with E-state index in [1.54, 1.807) is 0 Å². The van der Waals surface area contributed by atoms with Crippen LogP contribution in [0.15, 0.2) is 18.3 Å². The zero-order valence-corrected chi connectivity index (χ0v) is 13.1. The van der Waals surface area contributed by atoms with Gasteiger partial charge in [0.25, 0.3) is 5.91 Å². The van der Waals surface area contributed by atoms with E-state index in [2.05, 4.69) is 15.0 Å². The van der Waals surface area contributed by atoms with Gasteiger partial charge in [0.2, 0.25) is 5.88 Å². The molecule has 2 aliphatic rings. The van der Waals surface area contributed by atoms with Crippen LogP contribution in [0.3, 0.4) is 0 Å². The number of pyridine rings is 1. The molecule has 1 aliphatic carbocycles. The second-order valence-corrected chi connectivity index (χ2v) is 6.31. The minimum Gasteiger partial charge on any atom is -0.467 e. The summed E-state index contributed by atoms with van der Waals surface area (Å²) in [5.41, 5.74) is -0.0446. The maximum Gasteiger partial charge on any atom is 0.422 e. The fraction of sp³-hybridized carbons (Fsp3) is 0.625. The molecule has 1 saturated heterocycles. The number of nitrogens with one attached hydrogen (secondary N) is 1. The Balaban J connectivity index is 1.65. The molecule has 1 N–H and O–H groups in total. The minimum absolute atomic E-state index is 0.00612. The fourth-order valence-corrected chi connectivity index (χ4v) is 3.53. The van der Waals surface area contributed by atoms with E-state index in [4.69, 9.17) is 4.74 Å². The summed E-state index contributed by atoms with van der Waals surface area (Å²) in [5.74, 6) is -0.789. The molecule has 0 radical (unpaired) electrons. The average molecular weight is 344 g/mol. The molecule has 8 heteroatoms. The van der Waals surface area contributed by atoms with Crippen molar-refractivity contribution in [3.8, 4) is 5.88 Å². The molecule has 1 amide bonds. The maximum atomic E-state index is 12.4. The van der Waals surface area contributed by atoms with Crippen LogP contribution in [0.25, 0.3) is 0 Å². The first-order chi connectivity index (χ1) is 11.4. The van der Waals surface area contributed by atoms with Gasteiger partial charge in [-0.1, -0.05) is 6.42 Å². The van der Waals surface area contributed by atoms with E-state index < -0.39 is 18.7 Å². The van der Waals surface area contributed by atoms with Gasteiger partial charge in [0.05, 0.1) is 6.10 Å². The van der Waals surface area contributed by atoms with Crippen LogP contribution in [-0.4, -0.2) is 42.9 Å². The van der Waals surface area contributed by atoms with Crippen LogP contribution >= 0.6 is 0 Å². The van der Waals surface area contributed by atoms with E-state index in [0.29, 0.717) is 13.2 Å². The zero-order chi connectivity index (χ0) is 17.2. The predicted octanol–water partition coefficient (Wildman–Crippen LogP) is 2.71. The number of amides is 1. The fourth-order valence-electron chi connectivity index (χ4n) is 3.53. The van der Waals surface area contributed by atoms with Crippen molar-refractivity contribution in [1.82, 2.24) is 10.3 Å². The Hall–Kier alpha value is -1.83. The van der Waals surface area contributed by atoms with Crippen LogP contribution in [0.4, 0.5) is 13.2 Å². The molecule has 2 atom stereocenters. The Morgan fingerprint density at radius 1 is 1.46 bits per heavy atom. The summed E-state index contributed by atoms with van der Waals surface area (Å²) in [6.45, 7) is -0.346. The van der Waals surface area contributed by atoms with E-state index in [1.165, 1.54) is 18.3 Å². The van der Waals surface area contributed by atoms with Crippen LogP contribution in [-0.2, 0) is 4.74 Å². The summed E-state index contributed by atoms with van der Waals surface area (Å²) >= 11 is 0. The molecule has 1 saturated carbocycles. The third-order valence-electron chi connectivity index (χ3n) is 4.73. The number of hydrogen-bond donors (Lipinski definition) is 1. The van der Waals surface area contributed by atoms with Crippen molar-refractivity contribution in [1.29, 1.82) is 0 Å². The average Bonchev–Trinajstić information content (AvgIpc) is 3.10. The molecule has 3 rings (SSSR count). The van der Waals surface area contributed by atoms with E-state index in [9.17, 15) is 18.0 Å². The number of alkyl halides is 3. The Morgan fingerprint density at radius 2 is 2.29 bits per heavy atom. The second-order valence-electron chi connectivity index (χ2n) is 6.31. The first-order valence-electron chi connectivity index (χ1n) is 7.94. The smallest absolute Gasteiger partial charge is 0.422 e. The number of nitrogens with zero attached hydrogens (tertiary/aromatic N) is 1. The van der Waals surface area contributed by atoms with Crippen molar-refractivity contribution in [3.05, 3.63) is 23.9 Å². The van der Waals surface area contributed by atoms with E-state index in [1.807, 2.05) is 0 Å². The van der Waals surface area contributed by atoms with Gasteiger partial charge in [0.1, 0.15) is 5.56 Å². The first-order valence-corrected chi connectivity index (χ1v) is 7.94. The Kier molecular flexibility index (Phi) is 4.67. The lowest BCUT2D eigenvalue weighted by Crippen LogP contribution is -2.40. The lowest BCUT2D eigenvalue weighted by atomic mass is 9.83. The highest BCUT2D eigenvalue weighted by Gasteiger charge is 2.47. The van der Waals surface area contributed by atoms with Gasteiger partial charge < -0.3 is 14.8 Å². The van der Waals surface area contributed by atoms with E-state index in [0.717, 1.165) is 25.7 Å². The quantitative estimate of drug-likeness (QED) is 0.892. The topological polar surface area (TPSA) is 60.5 Å². The van der Waals surface area contributed by atoms with Crippen molar-refractivity contribution in [2.75, 3.05) is 19.8 Å². The lowest BCUT2D eigenvalue weighted by molar-refractivity contribution is -0.154. The van der Waals surface area contributed by atoms with E-state index >= 15 is 0 Å². The summed E-state index contributed by atoms with van der Waals surface area (Å²) < 4.78 is 47.3. The molecule has 1 aromatic heterocycles. The highest BCUT2D eigenvalue weighted by atomic mass is 19.4. The predicted molar refractivity (Wildman–Crippen MR) is 78.8 cm³/mol. The van der Waals surface area contributed by atoms with Crippen molar-refractivity contribution in [2.24, 2.45) is 5.41 Å². The number of carbonyl (C=O) groups excluding carboxylic acids is 1. The number of carbonyl (C=O) groups is 1. The lowest BCUT2D eigenvalue weighted by Gasteiger charge is -2.27. The summed E-state index contributed by atoms with van der Waals surface area (Å²) in [6, 6.07) is 2.90. The van der Waals surface area contributed by atoms with Gasteiger partial charge in [-0.15, -0.1) is 0 Å². The first kappa shape index (κ1) is 17.0. The number of rotatable bonds is 5. The number of hydrogen-bond acceptors (Lipinski definition) is 4. The normalized spacial score (nSPS) is 26.2. The van der Waals surface area contributed by atoms with Crippen LogP contribution in [0.1, 0.15) is 36.0 Å². The molecule has 2 fully saturated rings. The molecule has 2 heterocycles. The van der Waals surface area contributed by atoms with Gasteiger partial charge in [-0.05, 0) is 31.4 Å². The van der Waals surface area contributed by atoms with Crippen LogP contribution in [0.5, 0.6) is 5.88 Å². The Morgan fingerprint density at radius 3 is 3.08 bits per heavy atom. The molecule has 132 valence electrons. The Labute approximate surface area is 137 Å². The van der Waals surface area contributed by atoms with Gasteiger partial charge in [-0.25, -0.2) is 4.98 Å². The third-order valence-corrected chi connectivity index (χ3v) is 4.73. The van der Waals surface area contributed by atoms with Crippen molar-refractivity contribution in [2.45, 2.75) is 38.0 Å². The van der Waals surface area contributed by atoms with Crippen LogP contribution < -0.4 is 10.1 Å². The molecule has 1 aliphatic heterocycles. The largest absolute Gasteiger partial charge is 0.467 e. The van der Waals surface area contributed by atoms with E-state index in [-0.39, 0.29) is 23.0 Å². The van der Waals surface area contributed by atoms with Gasteiger partial charge >= 0.3 is 6.18 Å². The molecular formula is C16H19F3N2O3. The molecule has 0 spiro atoms. The second kappa shape index (κ2) is 6.58. The summed E-state index contributed by atoms with van der Waals surface area (Å²) in [5, 5.41) is 2.82. The minimum atomic E-state index is -4.48. The third kappa shape index (κ3) is 3.63. The van der Waals surface area contributed by atoms with Gasteiger partial charge in [0.15, 0.2) is 6.61 Å². The number of aromatic nitrogens is 1. The highest BCUT2D eigenvalue weighted by molar-refractivity contribution is 5.96. The van der Waals surface area contributed by atoms with Crippen molar-refractivity contribution in [3.63, 3.8) is 0 Å². The number of fused-ring (bicyclic) bond motifs is 1. The molecule has 24 heavy (non-hydrogen) atoms. The Bertz CT molecular complexity index is 596. The molecule has 0 unspecified atom stereocenters. The molecule has 0 bridgehead atoms. The SMILES string of the molecule is O=C(NC[C@]12CCC[C@H]1OCC2)c1cccnc1OCC(F)(F)F. The maximum absolute atomic E-state index is 12.4. The number of halogens is 3. The highest BCUT2D eigenvalue weighted by Crippen LogP contribution is 2.46. The van der Waals surface area contributed by atoms with Gasteiger partial charge in [0, 0.05) is 24.8 Å². The summed E-state index contributed by atoms with van der Waals surface area (Å²) in [7, 11) is 0. The summed E-state index contributed by atoms with van der Waals surface area (Å²) in [6.07, 6.45) is 0.898. The zero-order valence-electron chi connectivity index (χ0n) is 13.1. The van der Waals surface area contributed by atoms with Crippen LogP contribution in [0.2, 0.25) is 0 Å². The van der Waals surface area contributed by atoms with Crippen molar-refractivity contribution >= 4 is 5.91 Å². The molecular weight excluding hydrogens is 325 g/mol. The summed E-state index contributed by atoms with van der Waals surface area (Å²) in [4.78, 5) is 16.1. The van der Waals surface area contributed by atoms with Crippen LogP contribution in [0, 0.1) is 5.41 Å². The van der Waals surface area contributed by atoms with Gasteiger partial charge in [-0.3, -0.25) is 4.79 Å². The molecule has 0 aromatic carbocycles. The van der Waals surface area contributed by atoms with Gasteiger partial charge in [-0.2, -0.15) is 13.2 Å². The standard InChI is InChI=1S/C16H19F3N2O3/c17-16(18,19)10-24-14-11(3-2-7-20-14)13(22)21-9-15-5-1-4-12(15)23-8-6-15/h2-3,7,12H,1,4-6,8-10H2,(H,21,22)/t12-,15-/m1/s1. The van der Waals surface area contributed by atoms with Crippen molar-refractivity contribution < 1.29 is 27.4 Å². The molecule has 5 nitrogen and oxygen atoms in total.